The van der Waals surface area contributed by atoms with Gasteiger partial charge in [-0.2, -0.15) is 0 Å². The largest absolute Gasteiger partial charge is 0 e. The van der Waals surface area contributed by atoms with E-state index in [2.05, 4.69) is 32.1 Å². The molecule has 0 atom stereocenters. The van der Waals surface area contributed by atoms with E-state index in [4.69, 9.17) is 18.7 Å². The topological polar surface area (TPSA) is 68.9 Å². The Bertz CT molecular complexity index is 211. The van der Waals surface area contributed by atoms with E-state index >= 15 is 0 Å². The molecule has 82 valence electrons. The van der Waals surface area contributed by atoms with Gasteiger partial charge in [0.25, 0.3) is 0 Å². The Hall–Kier alpha value is -0.981. The molecule has 0 radical (unpaired) electrons. The van der Waals surface area contributed by atoms with Crippen LogP contribution in [0.15, 0.2) is 24.0 Å². The van der Waals surface area contributed by atoms with Crippen LogP contribution in [-0.2, 0) is 35.8 Å². The Morgan fingerprint density at radius 2 is 1.53 bits per heavy atom. The van der Waals surface area contributed by atoms with Crippen LogP contribution in [0.1, 0.15) is 12.8 Å². The first kappa shape index (κ1) is 23.7. The van der Waals surface area contributed by atoms with E-state index in [1.54, 1.807) is 7.11 Å². The summed E-state index contributed by atoms with van der Waals surface area (Å²) in [5, 5.41) is 0. The summed E-state index contributed by atoms with van der Waals surface area (Å²) in [7, 11) is 1.70. The van der Waals surface area contributed by atoms with Gasteiger partial charge in [-0.15, -0.1) is 0 Å². The third kappa shape index (κ3) is 19.4. The first-order valence-corrected chi connectivity index (χ1v) is 3.45. The molecule has 0 fully saturated rings. The fraction of sp³-hybridized carbons (Fsp3) is 0.300. The molecule has 5 heteroatoms. The third-order valence-corrected chi connectivity index (χ3v) is 1.20. The van der Waals surface area contributed by atoms with Crippen LogP contribution in [0.5, 0.6) is 0 Å². The van der Waals surface area contributed by atoms with Crippen LogP contribution < -0.4 is 0 Å². The van der Waals surface area contributed by atoms with E-state index in [1.165, 1.54) is 0 Å². The molecule has 0 aromatic rings. The van der Waals surface area contributed by atoms with Gasteiger partial charge in [0.05, 0.1) is 7.11 Å². The van der Waals surface area contributed by atoms with Gasteiger partial charge < -0.3 is 4.74 Å². The zero-order chi connectivity index (χ0) is 11.8. The van der Waals surface area contributed by atoms with Crippen LogP contribution in [0, 0.1) is 20.0 Å². The van der Waals surface area contributed by atoms with Crippen LogP contribution in [0.25, 0.3) is 0 Å². The molecule has 0 aromatic heterocycles. The van der Waals surface area contributed by atoms with Crippen molar-refractivity contribution in [3.05, 3.63) is 43.9 Å². The van der Waals surface area contributed by atoms with Crippen molar-refractivity contribution in [2.45, 2.75) is 12.8 Å². The molecule has 0 saturated heterocycles. The average Bonchev–Trinajstić information content (AvgIpc) is 2.37. The van der Waals surface area contributed by atoms with Gasteiger partial charge >= 0.3 is 33.9 Å². The molecule has 0 N–H and O–H groups in total. The van der Waals surface area contributed by atoms with Crippen LogP contribution in [0.2, 0.25) is 0 Å². The van der Waals surface area contributed by atoms with Crippen molar-refractivity contribution in [1.29, 1.82) is 0 Å². The van der Waals surface area contributed by atoms with Crippen molar-refractivity contribution in [2.75, 3.05) is 7.11 Å². The average molecular weight is 250 g/mol. The number of hydrogen-bond donors (Lipinski definition) is 0. The summed E-state index contributed by atoms with van der Waals surface area (Å²) in [6.45, 7) is 13.5. The summed E-state index contributed by atoms with van der Waals surface area (Å²) >= 11 is 0. The predicted octanol–water partition coefficient (Wildman–Crippen LogP) is 1.75. The van der Waals surface area contributed by atoms with Gasteiger partial charge in [-0.25, -0.2) is 0 Å². The normalized spacial score (nSPS) is 9.93. The van der Waals surface area contributed by atoms with Gasteiger partial charge in [-0.1, -0.05) is 6.08 Å². The van der Waals surface area contributed by atoms with Crippen molar-refractivity contribution in [2.24, 2.45) is 0 Å². The van der Waals surface area contributed by atoms with E-state index in [-0.39, 0.29) is 17.1 Å². The molecule has 0 bridgehead atoms. The minimum atomic E-state index is 0. The monoisotopic (exact) mass is 250 g/mol. The quantitative estimate of drug-likeness (QED) is 0.397. The predicted molar refractivity (Wildman–Crippen MR) is 45.3 cm³/mol. The third-order valence-electron chi connectivity index (χ3n) is 1.20. The fourth-order valence-corrected chi connectivity index (χ4v) is 0.741. The van der Waals surface area contributed by atoms with Crippen molar-refractivity contribution < 1.29 is 35.8 Å². The molecule has 4 nitrogen and oxygen atoms in total. The molecule has 0 aromatic carbocycles. The van der Waals surface area contributed by atoms with Gasteiger partial charge in [0.2, 0.25) is 0 Å². The minimum absolute atomic E-state index is 0. The van der Waals surface area contributed by atoms with Crippen LogP contribution in [0.3, 0.4) is 0 Å². The number of methoxy groups -OCH3 is 1. The van der Waals surface area contributed by atoms with E-state index in [0.29, 0.717) is 0 Å². The zero-order valence-corrected chi connectivity index (χ0v) is 9.24. The molecule has 0 heterocycles. The van der Waals surface area contributed by atoms with Gasteiger partial charge in [0.15, 0.2) is 0 Å². The number of hydrogen-bond acceptors (Lipinski definition) is 1. The maximum Gasteiger partial charge on any atom is 0 e. The summed E-state index contributed by atoms with van der Waals surface area (Å²) in [6.07, 6.45) is 8.51. The minimum Gasteiger partial charge on any atom is 0 e. The molecule has 0 unspecified atom stereocenters. The number of ether oxygens (including phenoxy) is 1. The second kappa shape index (κ2) is 29.2. The molecule has 15 heavy (non-hydrogen) atoms. The van der Waals surface area contributed by atoms with Crippen molar-refractivity contribution in [1.82, 2.24) is 0 Å². The molecule has 0 aliphatic heterocycles. The molecular weight excluding hydrogens is 240 g/mol. The molecular formula is C10H10FeO4. The van der Waals surface area contributed by atoms with Gasteiger partial charge in [0, 0.05) is 17.1 Å². The fourth-order valence-electron chi connectivity index (χ4n) is 0.741. The molecule has 1 rings (SSSR count). The van der Waals surface area contributed by atoms with E-state index in [9.17, 15) is 0 Å². The second-order valence-electron chi connectivity index (χ2n) is 1.79. The number of rotatable bonds is 1. The standard InChI is InChI=1S/C7H10O.3CO.Fe/c1-8-7-5-3-2-4-6-7;3*1-2;/h3,5-6H,2,4H2,1H3;;;;. The smallest absolute Gasteiger partial charge is 0 e. The van der Waals surface area contributed by atoms with Crippen LogP contribution >= 0.6 is 0 Å². The van der Waals surface area contributed by atoms with Crippen LogP contribution in [0.4, 0.5) is 0 Å². The first-order valence-electron chi connectivity index (χ1n) is 3.45. The van der Waals surface area contributed by atoms with Gasteiger partial charge in [0.1, 0.15) is 5.76 Å². The summed E-state index contributed by atoms with van der Waals surface area (Å²) in [4.78, 5) is 0. The van der Waals surface area contributed by atoms with Crippen molar-refractivity contribution >= 4 is 0 Å². The second-order valence-corrected chi connectivity index (χ2v) is 1.79. The van der Waals surface area contributed by atoms with E-state index in [1.807, 2.05) is 6.08 Å². The van der Waals surface area contributed by atoms with E-state index in [0.717, 1.165) is 18.6 Å². The van der Waals surface area contributed by atoms with Crippen molar-refractivity contribution in [3.63, 3.8) is 0 Å². The Morgan fingerprint density at radius 1 is 1.07 bits per heavy atom. The zero-order valence-electron chi connectivity index (χ0n) is 8.13. The van der Waals surface area contributed by atoms with Gasteiger partial charge in [-0.05, 0) is 25.0 Å². The van der Waals surface area contributed by atoms with Crippen LogP contribution in [-0.4, -0.2) is 7.11 Å². The SMILES string of the molecule is COC1=CCCC=C1.[C-]#[O+].[C-]#[O+].[C-]#[O+].[Fe]. The maximum atomic E-state index is 7.50. The Labute approximate surface area is 100 Å². The molecule has 0 saturated carbocycles. The Morgan fingerprint density at radius 3 is 1.73 bits per heavy atom. The first-order chi connectivity index (χ1) is 6.93. The van der Waals surface area contributed by atoms with E-state index < -0.39 is 0 Å². The van der Waals surface area contributed by atoms with Gasteiger partial charge in [-0.3, -0.25) is 0 Å². The molecule has 1 aliphatic rings. The summed E-state index contributed by atoms with van der Waals surface area (Å²) < 4.78 is 27.5. The molecule has 1 aliphatic carbocycles. The molecule has 0 spiro atoms. The van der Waals surface area contributed by atoms with Crippen molar-refractivity contribution in [3.8, 4) is 0 Å². The Kier molecular flexibility index (Phi) is 46.2. The molecule has 0 amide bonds. The summed E-state index contributed by atoms with van der Waals surface area (Å²) in [5.74, 6) is 0.997. The summed E-state index contributed by atoms with van der Waals surface area (Å²) in [5.41, 5.74) is 0. The summed E-state index contributed by atoms with van der Waals surface area (Å²) in [6, 6.07) is 0. The Balaban J connectivity index is -0.0000000755. The number of allylic oxidation sites excluding steroid dienone is 3. The maximum absolute atomic E-state index is 7.50.